The minimum Gasteiger partial charge on any atom is -0.477 e. The fraction of sp³-hybridized carbons (Fsp3) is 0.231. The molecule has 0 amide bonds. The zero-order valence-electron chi connectivity index (χ0n) is 10.7. The van der Waals surface area contributed by atoms with Gasteiger partial charge in [0.2, 0.25) is 0 Å². The Bertz CT molecular complexity index is 595. The van der Waals surface area contributed by atoms with Crippen molar-refractivity contribution in [3.8, 4) is 11.3 Å². The van der Waals surface area contributed by atoms with Gasteiger partial charge in [-0.3, -0.25) is 0 Å². The maximum absolute atomic E-state index is 11.4. The minimum atomic E-state index is -1.11. The van der Waals surface area contributed by atoms with Gasteiger partial charge in [0, 0.05) is 24.2 Å². The fourth-order valence-electron chi connectivity index (χ4n) is 1.68. The molecule has 0 fully saturated rings. The van der Waals surface area contributed by atoms with Crippen LogP contribution in [-0.4, -0.2) is 36.5 Å². The Morgan fingerprint density at radius 1 is 1.45 bits per heavy atom. The van der Waals surface area contributed by atoms with Crippen molar-refractivity contribution >= 4 is 23.4 Å². The number of hydrogen-bond acceptors (Lipinski definition) is 5. The summed E-state index contributed by atoms with van der Waals surface area (Å²) >= 11 is 5.80. The molecule has 106 valence electrons. The van der Waals surface area contributed by atoms with Crippen molar-refractivity contribution < 1.29 is 19.2 Å². The lowest BCUT2D eigenvalue weighted by molar-refractivity contribution is 0.0698. The van der Waals surface area contributed by atoms with E-state index in [9.17, 15) is 9.90 Å². The van der Waals surface area contributed by atoms with Crippen LogP contribution in [0.15, 0.2) is 28.8 Å². The van der Waals surface area contributed by atoms with Crippen LogP contribution in [0.1, 0.15) is 10.4 Å². The van der Waals surface area contributed by atoms with Crippen LogP contribution in [0.5, 0.6) is 0 Å². The molecular formula is C13H13ClN2O4. The van der Waals surface area contributed by atoms with Gasteiger partial charge in [-0.1, -0.05) is 16.8 Å². The van der Waals surface area contributed by atoms with E-state index in [0.29, 0.717) is 23.7 Å². The summed E-state index contributed by atoms with van der Waals surface area (Å²) in [5.74, 6) is -0.746. The largest absolute Gasteiger partial charge is 0.477 e. The molecule has 0 spiro atoms. The molecule has 6 nitrogen and oxygen atoms in total. The molecular weight excluding hydrogens is 284 g/mol. The van der Waals surface area contributed by atoms with Crippen LogP contribution in [0.2, 0.25) is 5.02 Å². The highest BCUT2D eigenvalue weighted by molar-refractivity contribution is 6.30. The number of carboxylic acid groups (broad SMARTS) is 1. The molecule has 0 aliphatic carbocycles. The van der Waals surface area contributed by atoms with Crippen molar-refractivity contribution in [2.24, 2.45) is 0 Å². The first-order valence-electron chi connectivity index (χ1n) is 5.85. The molecule has 2 rings (SSSR count). The number of carboxylic acids is 1. The van der Waals surface area contributed by atoms with Crippen molar-refractivity contribution in [2.45, 2.75) is 0 Å². The van der Waals surface area contributed by atoms with Crippen LogP contribution in [-0.2, 0) is 4.74 Å². The number of halogens is 1. The summed E-state index contributed by atoms with van der Waals surface area (Å²) in [6, 6.07) is 6.66. The number of nitrogens with one attached hydrogen (secondary N) is 1. The van der Waals surface area contributed by atoms with Crippen LogP contribution in [0.4, 0.5) is 5.82 Å². The minimum absolute atomic E-state index is 0.0107. The van der Waals surface area contributed by atoms with E-state index in [1.165, 1.54) is 0 Å². The monoisotopic (exact) mass is 296 g/mol. The Labute approximate surface area is 120 Å². The summed E-state index contributed by atoms with van der Waals surface area (Å²) < 4.78 is 10.0. The summed E-state index contributed by atoms with van der Waals surface area (Å²) in [4.78, 5) is 11.4. The number of benzene rings is 1. The van der Waals surface area contributed by atoms with E-state index >= 15 is 0 Å². The third-order valence-corrected chi connectivity index (χ3v) is 2.86. The second kappa shape index (κ2) is 6.40. The van der Waals surface area contributed by atoms with E-state index in [-0.39, 0.29) is 17.1 Å². The van der Waals surface area contributed by atoms with Crippen LogP contribution < -0.4 is 5.32 Å². The average Bonchev–Trinajstić information content (AvgIpc) is 2.84. The molecule has 1 aromatic carbocycles. The molecule has 2 aromatic rings. The molecule has 0 unspecified atom stereocenters. The maximum atomic E-state index is 11.4. The Morgan fingerprint density at radius 3 is 2.75 bits per heavy atom. The van der Waals surface area contributed by atoms with E-state index in [4.69, 9.17) is 20.9 Å². The zero-order valence-corrected chi connectivity index (χ0v) is 11.5. The van der Waals surface area contributed by atoms with Crippen LogP contribution in [0.25, 0.3) is 11.3 Å². The molecule has 7 heteroatoms. The standard InChI is InChI=1S/C13H13ClN2O4/c1-19-7-6-15-12-10(13(17)18)11(20-16-12)8-2-4-9(14)5-3-8/h2-5H,6-7H2,1H3,(H,15,16)(H,17,18). The van der Waals surface area contributed by atoms with Gasteiger partial charge in [0.1, 0.15) is 0 Å². The van der Waals surface area contributed by atoms with Gasteiger partial charge in [0.05, 0.1) is 6.61 Å². The Kier molecular flexibility index (Phi) is 4.60. The molecule has 0 aliphatic rings. The van der Waals surface area contributed by atoms with E-state index in [1.807, 2.05) is 0 Å². The Hall–Kier alpha value is -2.05. The number of anilines is 1. The lowest BCUT2D eigenvalue weighted by Gasteiger charge is -2.02. The molecule has 1 heterocycles. The quantitative estimate of drug-likeness (QED) is 0.797. The highest BCUT2D eigenvalue weighted by atomic mass is 35.5. The number of ether oxygens (including phenoxy) is 1. The maximum Gasteiger partial charge on any atom is 0.343 e. The van der Waals surface area contributed by atoms with Gasteiger partial charge in [-0.15, -0.1) is 0 Å². The highest BCUT2D eigenvalue weighted by Gasteiger charge is 2.23. The summed E-state index contributed by atoms with van der Waals surface area (Å²) in [6.07, 6.45) is 0. The lowest BCUT2D eigenvalue weighted by Crippen LogP contribution is -2.11. The van der Waals surface area contributed by atoms with Gasteiger partial charge in [-0.05, 0) is 24.3 Å². The fourth-order valence-corrected chi connectivity index (χ4v) is 1.80. The van der Waals surface area contributed by atoms with Crippen molar-refractivity contribution in [1.29, 1.82) is 0 Å². The smallest absolute Gasteiger partial charge is 0.343 e. The molecule has 0 radical (unpaired) electrons. The number of aromatic carboxylic acids is 1. The van der Waals surface area contributed by atoms with Crippen LogP contribution >= 0.6 is 11.6 Å². The second-order valence-corrected chi connectivity index (χ2v) is 4.40. The molecule has 0 atom stereocenters. The summed E-state index contributed by atoms with van der Waals surface area (Å²) in [6.45, 7) is 0.867. The van der Waals surface area contributed by atoms with E-state index in [0.717, 1.165) is 0 Å². The highest BCUT2D eigenvalue weighted by Crippen LogP contribution is 2.30. The third-order valence-electron chi connectivity index (χ3n) is 2.61. The van der Waals surface area contributed by atoms with Gasteiger partial charge >= 0.3 is 5.97 Å². The Morgan fingerprint density at radius 2 is 2.15 bits per heavy atom. The van der Waals surface area contributed by atoms with E-state index in [1.54, 1.807) is 31.4 Å². The van der Waals surface area contributed by atoms with Crippen molar-refractivity contribution in [1.82, 2.24) is 5.16 Å². The first kappa shape index (κ1) is 14.4. The number of rotatable bonds is 6. The zero-order chi connectivity index (χ0) is 14.5. The number of aromatic nitrogens is 1. The Balaban J connectivity index is 2.33. The third kappa shape index (κ3) is 3.09. The molecule has 0 saturated carbocycles. The topological polar surface area (TPSA) is 84.6 Å². The van der Waals surface area contributed by atoms with Crippen molar-refractivity contribution in [3.05, 3.63) is 34.9 Å². The predicted molar refractivity (Wildman–Crippen MR) is 74.3 cm³/mol. The van der Waals surface area contributed by atoms with Crippen LogP contribution in [0, 0.1) is 0 Å². The van der Waals surface area contributed by atoms with Crippen LogP contribution in [0.3, 0.4) is 0 Å². The SMILES string of the molecule is COCCNc1noc(-c2ccc(Cl)cc2)c1C(=O)O. The van der Waals surface area contributed by atoms with Gasteiger partial charge in [-0.25, -0.2) is 4.79 Å². The molecule has 1 aromatic heterocycles. The summed E-state index contributed by atoms with van der Waals surface area (Å²) in [5, 5.41) is 16.5. The predicted octanol–water partition coefficient (Wildman–Crippen LogP) is 2.75. The molecule has 0 saturated heterocycles. The number of nitrogens with zero attached hydrogens (tertiary/aromatic N) is 1. The average molecular weight is 297 g/mol. The normalized spacial score (nSPS) is 10.5. The number of methoxy groups -OCH3 is 1. The van der Waals surface area contributed by atoms with Gasteiger partial charge < -0.3 is 19.7 Å². The number of carbonyl (C=O) groups is 1. The van der Waals surface area contributed by atoms with Gasteiger partial charge in [-0.2, -0.15) is 0 Å². The second-order valence-electron chi connectivity index (χ2n) is 3.97. The molecule has 0 aliphatic heterocycles. The summed E-state index contributed by atoms with van der Waals surface area (Å²) in [7, 11) is 1.56. The first-order valence-corrected chi connectivity index (χ1v) is 6.23. The van der Waals surface area contributed by atoms with E-state index < -0.39 is 5.97 Å². The van der Waals surface area contributed by atoms with Gasteiger partial charge in [0.15, 0.2) is 17.1 Å². The molecule has 0 bridgehead atoms. The first-order chi connectivity index (χ1) is 9.63. The molecule has 20 heavy (non-hydrogen) atoms. The summed E-state index contributed by atoms with van der Waals surface area (Å²) in [5.41, 5.74) is 0.586. The number of hydrogen-bond donors (Lipinski definition) is 2. The lowest BCUT2D eigenvalue weighted by atomic mass is 10.1. The van der Waals surface area contributed by atoms with E-state index in [2.05, 4.69) is 10.5 Å². The van der Waals surface area contributed by atoms with Crippen molar-refractivity contribution in [3.63, 3.8) is 0 Å². The van der Waals surface area contributed by atoms with Gasteiger partial charge in [0.25, 0.3) is 0 Å². The molecule has 2 N–H and O–H groups in total. The van der Waals surface area contributed by atoms with Crippen molar-refractivity contribution in [2.75, 3.05) is 25.6 Å².